The minimum absolute atomic E-state index is 0.635. The second-order valence-corrected chi connectivity index (χ2v) is 6.90. The Morgan fingerprint density at radius 3 is 2.50 bits per heavy atom. The smallest absolute Gasteiger partial charge is 0.182 e. The first-order valence-corrected chi connectivity index (χ1v) is 7.88. The lowest BCUT2D eigenvalue weighted by Gasteiger charge is -2.54. The number of ether oxygens (including phenoxy) is 1. The van der Waals surface area contributed by atoms with Crippen molar-refractivity contribution in [3.05, 3.63) is 18.3 Å². The number of pyridine rings is 1. The summed E-state index contributed by atoms with van der Waals surface area (Å²) in [7, 11) is 0. The minimum Gasteiger partial charge on any atom is -0.489 e. The van der Waals surface area contributed by atoms with Gasteiger partial charge in [-0.2, -0.15) is 0 Å². The Kier molecular flexibility index (Phi) is 3.06. The van der Waals surface area contributed by atoms with Gasteiger partial charge < -0.3 is 10.2 Å². The van der Waals surface area contributed by atoms with E-state index >= 15 is 0 Å². The van der Waals surface area contributed by atoms with E-state index in [0.29, 0.717) is 5.82 Å². The number of rotatable bonds is 4. The SMILES string of the molecule is NNc1ncccc1OCC1C2CC3CC(C2)CC1C3. The highest BCUT2D eigenvalue weighted by atomic mass is 16.5. The second kappa shape index (κ2) is 4.92. The molecule has 4 aliphatic carbocycles. The van der Waals surface area contributed by atoms with E-state index in [-0.39, 0.29) is 0 Å². The highest BCUT2D eigenvalue weighted by Crippen LogP contribution is 2.56. The molecular weight excluding hydrogens is 250 g/mol. The maximum Gasteiger partial charge on any atom is 0.182 e. The largest absolute Gasteiger partial charge is 0.489 e. The molecule has 1 heterocycles. The predicted octanol–water partition coefficient (Wildman–Crippen LogP) is 2.82. The molecule has 0 unspecified atom stereocenters. The van der Waals surface area contributed by atoms with Gasteiger partial charge in [-0.05, 0) is 73.8 Å². The first-order chi connectivity index (χ1) is 9.83. The van der Waals surface area contributed by atoms with Crippen LogP contribution in [0.3, 0.4) is 0 Å². The molecule has 0 amide bonds. The molecule has 20 heavy (non-hydrogen) atoms. The van der Waals surface area contributed by atoms with Gasteiger partial charge in [0.15, 0.2) is 11.6 Å². The van der Waals surface area contributed by atoms with Crippen LogP contribution in [0.4, 0.5) is 5.82 Å². The Morgan fingerprint density at radius 1 is 1.15 bits per heavy atom. The molecule has 0 aromatic carbocycles. The molecule has 4 saturated carbocycles. The molecule has 0 atom stereocenters. The monoisotopic (exact) mass is 273 g/mol. The van der Waals surface area contributed by atoms with Gasteiger partial charge in [0.2, 0.25) is 0 Å². The number of nitrogens with two attached hydrogens (primary N) is 1. The van der Waals surface area contributed by atoms with E-state index in [1.54, 1.807) is 6.20 Å². The lowest BCUT2D eigenvalue weighted by atomic mass is 9.52. The van der Waals surface area contributed by atoms with E-state index < -0.39 is 0 Å². The molecule has 1 aromatic rings. The number of aromatic nitrogens is 1. The summed E-state index contributed by atoms with van der Waals surface area (Å²) in [6.07, 6.45) is 8.99. The zero-order valence-corrected chi connectivity index (χ0v) is 11.8. The van der Waals surface area contributed by atoms with Crippen LogP contribution in [0.1, 0.15) is 32.1 Å². The van der Waals surface area contributed by atoms with Gasteiger partial charge in [0.1, 0.15) is 0 Å². The Bertz CT molecular complexity index is 462. The average Bonchev–Trinajstić information content (AvgIpc) is 2.46. The Morgan fingerprint density at radius 2 is 1.85 bits per heavy atom. The van der Waals surface area contributed by atoms with Crippen molar-refractivity contribution in [2.24, 2.45) is 35.4 Å². The van der Waals surface area contributed by atoms with Gasteiger partial charge >= 0.3 is 0 Å². The zero-order valence-electron chi connectivity index (χ0n) is 11.8. The molecule has 3 N–H and O–H groups in total. The van der Waals surface area contributed by atoms with Gasteiger partial charge in [-0.15, -0.1) is 0 Å². The molecule has 0 spiro atoms. The highest BCUT2D eigenvalue weighted by molar-refractivity contribution is 5.48. The molecule has 108 valence electrons. The molecule has 4 heteroatoms. The number of nitrogens with one attached hydrogen (secondary N) is 1. The number of hydrazine groups is 1. The summed E-state index contributed by atoms with van der Waals surface area (Å²) in [4.78, 5) is 4.19. The van der Waals surface area contributed by atoms with Gasteiger partial charge in [0, 0.05) is 6.20 Å². The Hall–Kier alpha value is -1.29. The van der Waals surface area contributed by atoms with Crippen LogP contribution in [0.5, 0.6) is 5.75 Å². The normalized spacial score (nSPS) is 38.0. The predicted molar refractivity (Wildman–Crippen MR) is 78.1 cm³/mol. The Labute approximate surface area is 120 Å². The topological polar surface area (TPSA) is 60.2 Å². The zero-order chi connectivity index (χ0) is 13.5. The van der Waals surface area contributed by atoms with Crippen molar-refractivity contribution in [3.8, 4) is 5.75 Å². The van der Waals surface area contributed by atoms with Crippen LogP contribution in [0.15, 0.2) is 18.3 Å². The second-order valence-electron chi connectivity index (χ2n) is 6.90. The van der Waals surface area contributed by atoms with Crippen LogP contribution >= 0.6 is 0 Å². The highest BCUT2D eigenvalue weighted by Gasteiger charge is 2.48. The van der Waals surface area contributed by atoms with Crippen LogP contribution in [0.2, 0.25) is 0 Å². The van der Waals surface area contributed by atoms with Crippen molar-refractivity contribution < 1.29 is 4.74 Å². The van der Waals surface area contributed by atoms with Crippen LogP contribution in [0.25, 0.3) is 0 Å². The van der Waals surface area contributed by atoms with Gasteiger partial charge in [0.05, 0.1) is 6.61 Å². The summed E-state index contributed by atoms with van der Waals surface area (Å²) in [6, 6.07) is 3.84. The molecule has 0 aliphatic heterocycles. The fraction of sp³-hybridized carbons (Fsp3) is 0.688. The van der Waals surface area contributed by atoms with Crippen LogP contribution < -0.4 is 16.0 Å². The van der Waals surface area contributed by atoms with Gasteiger partial charge in [0.25, 0.3) is 0 Å². The van der Waals surface area contributed by atoms with Crippen LogP contribution in [-0.2, 0) is 0 Å². The molecule has 0 saturated heterocycles. The molecular formula is C16H23N3O. The fourth-order valence-corrected chi connectivity index (χ4v) is 5.11. The van der Waals surface area contributed by atoms with Gasteiger partial charge in [-0.3, -0.25) is 0 Å². The summed E-state index contributed by atoms with van der Waals surface area (Å²) in [5, 5.41) is 0. The first-order valence-electron chi connectivity index (χ1n) is 7.88. The first kappa shape index (κ1) is 12.5. The number of hydrogen-bond donors (Lipinski definition) is 2. The summed E-state index contributed by atoms with van der Waals surface area (Å²) in [5.74, 6) is 11.5. The third kappa shape index (κ3) is 2.06. The number of hydrogen-bond acceptors (Lipinski definition) is 4. The van der Waals surface area contributed by atoms with Crippen molar-refractivity contribution >= 4 is 5.82 Å². The average molecular weight is 273 g/mol. The Balaban J connectivity index is 1.45. The number of nitrogen functional groups attached to an aromatic ring is 1. The van der Waals surface area contributed by atoms with Crippen LogP contribution in [0, 0.1) is 29.6 Å². The summed E-state index contributed by atoms with van der Waals surface area (Å²) < 4.78 is 6.05. The number of nitrogens with zero attached hydrogens (tertiary/aromatic N) is 1. The molecule has 0 radical (unpaired) electrons. The van der Waals surface area contributed by atoms with Gasteiger partial charge in [-0.1, -0.05) is 0 Å². The maximum atomic E-state index is 6.05. The van der Waals surface area contributed by atoms with E-state index in [4.69, 9.17) is 10.6 Å². The lowest BCUT2D eigenvalue weighted by Crippen LogP contribution is -2.47. The third-order valence-electron chi connectivity index (χ3n) is 5.76. The van der Waals surface area contributed by atoms with Crippen molar-refractivity contribution in [2.75, 3.05) is 12.0 Å². The molecule has 5 rings (SSSR count). The molecule has 1 aromatic heterocycles. The molecule has 4 aliphatic rings. The standard InChI is InChI=1S/C16H23N3O/c17-19-16-15(2-1-3-18-16)20-9-14-12-5-10-4-11(7-12)8-13(14)6-10/h1-3,10-14H,4-9,17H2,(H,18,19). The van der Waals surface area contributed by atoms with E-state index in [9.17, 15) is 0 Å². The molecule has 4 bridgehead atoms. The summed E-state index contributed by atoms with van der Waals surface area (Å²) >= 11 is 0. The van der Waals surface area contributed by atoms with Crippen molar-refractivity contribution in [3.63, 3.8) is 0 Å². The molecule has 4 nitrogen and oxygen atoms in total. The number of anilines is 1. The minimum atomic E-state index is 0.635. The van der Waals surface area contributed by atoms with Gasteiger partial charge in [-0.25, -0.2) is 10.8 Å². The molecule has 4 fully saturated rings. The fourth-order valence-electron chi connectivity index (χ4n) is 5.11. The quantitative estimate of drug-likeness (QED) is 0.654. The van der Waals surface area contributed by atoms with E-state index in [1.807, 2.05) is 12.1 Å². The van der Waals surface area contributed by atoms with E-state index in [0.717, 1.165) is 41.9 Å². The van der Waals surface area contributed by atoms with Crippen molar-refractivity contribution in [2.45, 2.75) is 32.1 Å². The summed E-state index contributed by atoms with van der Waals surface area (Å²) in [5.41, 5.74) is 2.61. The van der Waals surface area contributed by atoms with E-state index in [1.165, 1.54) is 32.1 Å². The van der Waals surface area contributed by atoms with E-state index in [2.05, 4.69) is 10.4 Å². The summed E-state index contributed by atoms with van der Waals surface area (Å²) in [6.45, 7) is 0.829. The third-order valence-corrected chi connectivity index (χ3v) is 5.76. The van der Waals surface area contributed by atoms with Crippen molar-refractivity contribution in [1.82, 2.24) is 4.98 Å². The lowest BCUT2D eigenvalue weighted by molar-refractivity contribution is -0.0528. The maximum absolute atomic E-state index is 6.05. The van der Waals surface area contributed by atoms with Crippen molar-refractivity contribution in [1.29, 1.82) is 0 Å². The van der Waals surface area contributed by atoms with Crippen LogP contribution in [-0.4, -0.2) is 11.6 Å².